The minimum atomic E-state index is -0.263. The number of imidazole rings is 1. The summed E-state index contributed by atoms with van der Waals surface area (Å²) < 4.78 is 7.96. The molecule has 0 aliphatic heterocycles. The molecule has 8 heteroatoms. The Morgan fingerprint density at radius 1 is 1.03 bits per heavy atom. The lowest BCUT2D eigenvalue weighted by Gasteiger charge is -2.21. The van der Waals surface area contributed by atoms with E-state index < -0.39 is 0 Å². The topological polar surface area (TPSA) is 84.3 Å². The highest BCUT2D eigenvalue weighted by Crippen LogP contribution is 2.28. The number of amides is 1. The summed E-state index contributed by atoms with van der Waals surface area (Å²) >= 11 is 0. The molecule has 0 aliphatic carbocycles. The van der Waals surface area contributed by atoms with E-state index in [4.69, 9.17) is 9.72 Å². The van der Waals surface area contributed by atoms with Crippen molar-refractivity contribution in [1.82, 2.24) is 19.9 Å². The lowest BCUT2D eigenvalue weighted by Crippen LogP contribution is -2.21. The third-order valence-corrected chi connectivity index (χ3v) is 5.53. The van der Waals surface area contributed by atoms with E-state index in [1.165, 1.54) is 5.69 Å². The van der Waals surface area contributed by atoms with Crippen LogP contribution in [0.25, 0.3) is 11.0 Å². The Bertz CT molecular complexity index is 1260. The van der Waals surface area contributed by atoms with Crippen molar-refractivity contribution in [3.8, 4) is 11.5 Å². The molecule has 0 radical (unpaired) electrons. The number of aryl methyl sites for hydroxylation is 1. The number of hydrogen-bond acceptors (Lipinski definition) is 6. The Morgan fingerprint density at radius 2 is 1.76 bits per heavy atom. The largest absolute Gasteiger partial charge is 0.457 e. The molecule has 2 N–H and O–H groups in total. The van der Waals surface area contributed by atoms with Crippen LogP contribution in [0.2, 0.25) is 0 Å². The van der Waals surface area contributed by atoms with Gasteiger partial charge in [-0.1, -0.05) is 0 Å². The smallest absolute Gasteiger partial charge is 0.269 e. The lowest BCUT2D eigenvalue weighted by molar-refractivity contribution is 0.0958. The number of pyridine rings is 1. The maximum absolute atomic E-state index is 11.8. The summed E-state index contributed by atoms with van der Waals surface area (Å²) in [7, 11) is 3.54. The van der Waals surface area contributed by atoms with Crippen molar-refractivity contribution >= 4 is 34.3 Å². The molecule has 2 heterocycles. The molecule has 0 aliphatic rings. The normalized spacial score (nSPS) is 10.8. The fraction of sp³-hybridized carbons (Fsp3) is 0.240. The summed E-state index contributed by atoms with van der Waals surface area (Å²) in [6.07, 6.45) is 1.55. The van der Waals surface area contributed by atoms with Gasteiger partial charge in [0.05, 0.1) is 11.0 Å². The third-order valence-electron chi connectivity index (χ3n) is 5.53. The molecular weight excluding hydrogens is 416 g/mol. The number of rotatable bonds is 8. The molecule has 0 bridgehead atoms. The molecule has 4 aromatic rings. The Balaban J connectivity index is 1.54. The Labute approximate surface area is 193 Å². The molecule has 1 amide bonds. The molecule has 2 aromatic carbocycles. The van der Waals surface area contributed by atoms with Gasteiger partial charge in [0.15, 0.2) is 0 Å². The average Bonchev–Trinajstić information content (AvgIpc) is 3.15. The third kappa shape index (κ3) is 4.74. The maximum Gasteiger partial charge on any atom is 0.269 e. The van der Waals surface area contributed by atoms with Gasteiger partial charge >= 0.3 is 0 Å². The van der Waals surface area contributed by atoms with Crippen LogP contribution in [0.15, 0.2) is 60.8 Å². The van der Waals surface area contributed by atoms with E-state index in [0.29, 0.717) is 17.2 Å². The first-order valence-electron chi connectivity index (χ1n) is 11.0. The van der Waals surface area contributed by atoms with Crippen LogP contribution >= 0.6 is 0 Å². The molecule has 170 valence electrons. The number of aromatic nitrogens is 3. The predicted molar refractivity (Wildman–Crippen MR) is 132 cm³/mol. The zero-order valence-corrected chi connectivity index (χ0v) is 19.3. The number of benzene rings is 2. The predicted octanol–water partition coefficient (Wildman–Crippen LogP) is 4.71. The monoisotopic (exact) mass is 444 g/mol. The zero-order valence-electron chi connectivity index (χ0n) is 19.3. The molecule has 0 atom stereocenters. The first-order chi connectivity index (χ1) is 16.0. The number of carbonyl (C=O) groups excluding carboxylic acids is 1. The van der Waals surface area contributed by atoms with Crippen LogP contribution < -0.4 is 20.3 Å². The van der Waals surface area contributed by atoms with E-state index in [-0.39, 0.29) is 5.91 Å². The number of fused-ring (bicyclic) bond motifs is 1. The second-order valence-electron chi connectivity index (χ2n) is 7.55. The van der Waals surface area contributed by atoms with Crippen molar-refractivity contribution in [2.24, 2.45) is 7.05 Å². The van der Waals surface area contributed by atoms with Crippen molar-refractivity contribution in [2.45, 2.75) is 13.8 Å². The number of carbonyl (C=O) groups is 1. The van der Waals surface area contributed by atoms with Crippen LogP contribution in [-0.4, -0.2) is 40.6 Å². The van der Waals surface area contributed by atoms with E-state index >= 15 is 0 Å². The highest BCUT2D eigenvalue weighted by Gasteiger charge is 2.11. The van der Waals surface area contributed by atoms with Crippen LogP contribution in [0.1, 0.15) is 24.3 Å². The summed E-state index contributed by atoms with van der Waals surface area (Å²) in [5, 5.41) is 5.96. The number of hydrogen-bond donors (Lipinski definition) is 2. The zero-order chi connectivity index (χ0) is 23.4. The van der Waals surface area contributed by atoms with Gasteiger partial charge in [-0.15, -0.1) is 0 Å². The molecule has 0 unspecified atom stereocenters. The van der Waals surface area contributed by atoms with Gasteiger partial charge in [-0.05, 0) is 56.3 Å². The van der Waals surface area contributed by atoms with Gasteiger partial charge in [0.1, 0.15) is 17.2 Å². The SMILES string of the molecule is CCN(CC)c1ccc(Nc2nc3cc(Oc4ccnc(C(=O)NC)c4)ccc3n2C)cc1. The van der Waals surface area contributed by atoms with Crippen molar-refractivity contribution < 1.29 is 9.53 Å². The summed E-state index contributed by atoms with van der Waals surface area (Å²) in [5.41, 5.74) is 4.25. The Kier molecular flexibility index (Phi) is 6.44. The van der Waals surface area contributed by atoms with Crippen molar-refractivity contribution in [3.05, 3.63) is 66.5 Å². The van der Waals surface area contributed by atoms with Gasteiger partial charge in [0.2, 0.25) is 5.95 Å². The van der Waals surface area contributed by atoms with Crippen LogP contribution in [0, 0.1) is 0 Å². The van der Waals surface area contributed by atoms with Crippen LogP contribution in [0.5, 0.6) is 11.5 Å². The highest BCUT2D eigenvalue weighted by atomic mass is 16.5. The van der Waals surface area contributed by atoms with Gasteiger partial charge in [0.25, 0.3) is 5.91 Å². The summed E-state index contributed by atoms with van der Waals surface area (Å²) in [6.45, 7) is 6.27. The molecule has 2 aromatic heterocycles. The van der Waals surface area contributed by atoms with Crippen LogP contribution in [0.4, 0.5) is 17.3 Å². The van der Waals surface area contributed by atoms with E-state index in [1.54, 1.807) is 25.4 Å². The first-order valence-corrected chi connectivity index (χ1v) is 11.0. The summed E-state index contributed by atoms with van der Waals surface area (Å²) in [5.74, 6) is 1.64. The quantitative estimate of drug-likeness (QED) is 0.409. The van der Waals surface area contributed by atoms with Crippen molar-refractivity contribution in [3.63, 3.8) is 0 Å². The van der Waals surface area contributed by atoms with E-state index in [9.17, 15) is 4.79 Å². The van der Waals surface area contributed by atoms with Crippen molar-refractivity contribution in [1.29, 1.82) is 0 Å². The molecule has 0 saturated heterocycles. The van der Waals surface area contributed by atoms with Gasteiger partial charge in [-0.2, -0.15) is 0 Å². The molecule has 4 rings (SSSR count). The minimum absolute atomic E-state index is 0.263. The lowest BCUT2D eigenvalue weighted by atomic mass is 10.2. The van der Waals surface area contributed by atoms with Crippen LogP contribution in [-0.2, 0) is 7.05 Å². The van der Waals surface area contributed by atoms with E-state index in [0.717, 1.165) is 35.8 Å². The highest BCUT2D eigenvalue weighted by molar-refractivity contribution is 5.92. The average molecular weight is 445 g/mol. The fourth-order valence-electron chi connectivity index (χ4n) is 3.69. The molecule has 0 spiro atoms. The maximum atomic E-state index is 11.8. The second kappa shape index (κ2) is 9.60. The second-order valence-corrected chi connectivity index (χ2v) is 7.55. The Hall–Kier alpha value is -4.07. The minimum Gasteiger partial charge on any atom is -0.457 e. The molecular formula is C25H28N6O2. The van der Waals surface area contributed by atoms with Gasteiger partial charge in [0, 0.05) is 56.9 Å². The number of anilines is 3. The molecule has 0 saturated carbocycles. The van der Waals surface area contributed by atoms with Crippen molar-refractivity contribution in [2.75, 3.05) is 30.4 Å². The fourth-order valence-corrected chi connectivity index (χ4v) is 3.69. The number of nitrogens with zero attached hydrogens (tertiary/aromatic N) is 4. The Morgan fingerprint density at radius 3 is 2.45 bits per heavy atom. The summed E-state index contributed by atoms with van der Waals surface area (Å²) in [4.78, 5) is 22.9. The summed E-state index contributed by atoms with van der Waals surface area (Å²) in [6, 6.07) is 17.4. The van der Waals surface area contributed by atoms with E-state index in [1.807, 2.05) is 29.8 Å². The first kappa shape index (κ1) is 22.1. The standard InChI is InChI=1S/C25H28N6O2/c1-5-31(6-2)18-9-7-17(8-10-18)28-25-29-21-15-19(11-12-23(21)30(25)4)33-20-13-14-27-22(16-20)24(32)26-3/h7-16H,5-6H2,1-4H3,(H,26,32)(H,28,29). The van der Waals surface area contributed by atoms with Crippen LogP contribution in [0.3, 0.4) is 0 Å². The van der Waals surface area contributed by atoms with Gasteiger partial charge < -0.3 is 24.8 Å². The molecule has 8 nitrogen and oxygen atoms in total. The molecule has 0 fully saturated rings. The number of ether oxygens (including phenoxy) is 1. The number of nitrogens with one attached hydrogen (secondary N) is 2. The van der Waals surface area contributed by atoms with E-state index in [2.05, 4.69) is 58.6 Å². The molecule has 33 heavy (non-hydrogen) atoms. The van der Waals surface area contributed by atoms with Gasteiger partial charge in [-0.25, -0.2) is 4.98 Å². The van der Waals surface area contributed by atoms with Gasteiger partial charge in [-0.3, -0.25) is 9.78 Å².